The molecule has 4 N–H and O–H groups in total. The molecule has 1 amide bonds. The Balaban J connectivity index is 2.03. The van der Waals surface area contributed by atoms with E-state index in [9.17, 15) is 4.79 Å². The van der Waals surface area contributed by atoms with E-state index in [2.05, 4.69) is 25.7 Å². The minimum absolute atomic E-state index is 0.142. The highest BCUT2D eigenvalue weighted by Gasteiger charge is 2.15. The molecule has 1 atom stereocenters. The Morgan fingerprint density at radius 1 is 1.62 bits per heavy atom. The number of amides is 1. The Morgan fingerprint density at radius 3 is 3.00 bits per heavy atom. The standard InChI is InChI=1S/C8H10N6OS/c1-4(5-2-10-11-3-5)12-6(15)7-13-14-8(9)16-7/h2-4H,1H3,(H2,9,14)(H,10,11)(H,12,15). The molecule has 84 valence electrons. The Morgan fingerprint density at radius 2 is 2.44 bits per heavy atom. The van der Waals surface area contributed by atoms with Crippen LogP contribution in [-0.2, 0) is 0 Å². The minimum Gasteiger partial charge on any atom is -0.374 e. The maximum Gasteiger partial charge on any atom is 0.282 e. The van der Waals surface area contributed by atoms with Crippen LogP contribution in [0.3, 0.4) is 0 Å². The van der Waals surface area contributed by atoms with E-state index in [0.717, 1.165) is 16.9 Å². The summed E-state index contributed by atoms with van der Waals surface area (Å²) in [7, 11) is 0. The topological polar surface area (TPSA) is 110 Å². The second-order valence-corrected chi connectivity index (χ2v) is 4.18. The van der Waals surface area contributed by atoms with Gasteiger partial charge in [0.25, 0.3) is 5.91 Å². The van der Waals surface area contributed by atoms with Crippen molar-refractivity contribution >= 4 is 22.4 Å². The second-order valence-electron chi connectivity index (χ2n) is 3.17. The Labute approximate surface area is 95.1 Å². The van der Waals surface area contributed by atoms with Gasteiger partial charge in [0.2, 0.25) is 10.1 Å². The summed E-state index contributed by atoms with van der Waals surface area (Å²) in [6.45, 7) is 1.85. The summed E-state index contributed by atoms with van der Waals surface area (Å²) in [6.07, 6.45) is 3.37. The zero-order chi connectivity index (χ0) is 11.5. The molecule has 2 aromatic heterocycles. The van der Waals surface area contributed by atoms with Crippen molar-refractivity contribution in [1.29, 1.82) is 0 Å². The van der Waals surface area contributed by atoms with Crippen molar-refractivity contribution in [3.63, 3.8) is 0 Å². The van der Waals surface area contributed by atoms with Crippen LogP contribution in [0, 0.1) is 0 Å². The summed E-state index contributed by atoms with van der Waals surface area (Å²) < 4.78 is 0. The number of aromatic amines is 1. The average molecular weight is 238 g/mol. The molecule has 0 saturated carbocycles. The third kappa shape index (κ3) is 2.16. The fourth-order valence-corrected chi connectivity index (χ4v) is 1.68. The molecule has 16 heavy (non-hydrogen) atoms. The van der Waals surface area contributed by atoms with Gasteiger partial charge >= 0.3 is 0 Å². The van der Waals surface area contributed by atoms with Gasteiger partial charge in [-0.15, -0.1) is 10.2 Å². The molecule has 0 fully saturated rings. The summed E-state index contributed by atoms with van der Waals surface area (Å²) >= 11 is 1.06. The molecular weight excluding hydrogens is 228 g/mol. The van der Waals surface area contributed by atoms with Crippen molar-refractivity contribution in [3.05, 3.63) is 23.0 Å². The molecule has 0 spiro atoms. The number of carbonyl (C=O) groups excluding carboxylic acids is 1. The maximum atomic E-state index is 11.7. The average Bonchev–Trinajstić information content (AvgIpc) is 2.87. The molecule has 0 bridgehead atoms. The molecule has 0 saturated heterocycles. The van der Waals surface area contributed by atoms with Gasteiger partial charge < -0.3 is 11.1 Å². The molecule has 8 heteroatoms. The third-order valence-corrected chi connectivity index (χ3v) is 2.75. The van der Waals surface area contributed by atoms with Gasteiger partial charge in [0.1, 0.15) is 0 Å². The SMILES string of the molecule is CC(NC(=O)c1nnc(N)s1)c1cn[nH]c1. The number of H-pyrrole nitrogens is 1. The Bertz CT molecular complexity index is 478. The van der Waals surface area contributed by atoms with Crippen molar-refractivity contribution in [2.24, 2.45) is 0 Å². The van der Waals surface area contributed by atoms with Crippen molar-refractivity contribution in [1.82, 2.24) is 25.7 Å². The number of nitrogens with two attached hydrogens (primary N) is 1. The molecule has 0 aromatic carbocycles. The molecule has 0 radical (unpaired) electrons. The van der Waals surface area contributed by atoms with Crippen molar-refractivity contribution < 1.29 is 4.79 Å². The van der Waals surface area contributed by atoms with E-state index >= 15 is 0 Å². The van der Waals surface area contributed by atoms with Gasteiger partial charge in [-0.2, -0.15) is 5.10 Å². The van der Waals surface area contributed by atoms with Crippen LogP contribution >= 0.6 is 11.3 Å². The lowest BCUT2D eigenvalue weighted by Gasteiger charge is -2.09. The normalized spacial score (nSPS) is 12.3. The largest absolute Gasteiger partial charge is 0.374 e. The summed E-state index contributed by atoms with van der Waals surface area (Å²) in [5.41, 5.74) is 6.29. The smallest absolute Gasteiger partial charge is 0.282 e. The monoisotopic (exact) mass is 238 g/mol. The van der Waals surface area contributed by atoms with E-state index in [-0.39, 0.29) is 22.1 Å². The predicted molar refractivity (Wildman–Crippen MR) is 58.8 cm³/mol. The minimum atomic E-state index is -0.289. The molecular formula is C8H10N6OS. The van der Waals surface area contributed by atoms with Crippen LogP contribution in [0.25, 0.3) is 0 Å². The molecule has 7 nitrogen and oxygen atoms in total. The zero-order valence-electron chi connectivity index (χ0n) is 8.47. The van der Waals surface area contributed by atoms with Crippen LogP contribution in [0.2, 0.25) is 0 Å². The lowest BCUT2D eigenvalue weighted by molar-refractivity contribution is 0.0939. The molecule has 2 rings (SSSR count). The molecule has 1 unspecified atom stereocenters. The number of hydrogen-bond donors (Lipinski definition) is 3. The number of rotatable bonds is 3. The first kappa shape index (κ1) is 10.6. The van der Waals surface area contributed by atoms with Gasteiger partial charge in [-0.3, -0.25) is 9.89 Å². The van der Waals surface area contributed by atoms with Crippen LogP contribution in [0.4, 0.5) is 5.13 Å². The van der Waals surface area contributed by atoms with Gasteiger partial charge in [-0.25, -0.2) is 0 Å². The number of aromatic nitrogens is 4. The number of nitrogen functional groups attached to an aromatic ring is 1. The number of hydrogen-bond acceptors (Lipinski definition) is 6. The van der Waals surface area contributed by atoms with Gasteiger partial charge in [0, 0.05) is 11.8 Å². The number of carbonyl (C=O) groups is 1. The van der Waals surface area contributed by atoms with Gasteiger partial charge in [-0.05, 0) is 6.92 Å². The predicted octanol–water partition coefficient (Wildman–Crippen LogP) is 0.334. The highest BCUT2D eigenvalue weighted by Crippen LogP contribution is 2.14. The third-order valence-electron chi connectivity index (χ3n) is 2.00. The highest BCUT2D eigenvalue weighted by atomic mass is 32.1. The number of nitrogens with one attached hydrogen (secondary N) is 2. The van der Waals surface area contributed by atoms with Crippen LogP contribution in [-0.4, -0.2) is 26.3 Å². The first-order valence-electron chi connectivity index (χ1n) is 4.55. The summed E-state index contributed by atoms with van der Waals surface area (Å²) in [5.74, 6) is -0.289. The van der Waals surface area contributed by atoms with Crippen LogP contribution in [0.15, 0.2) is 12.4 Å². The van der Waals surface area contributed by atoms with E-state index in [1.165, 1.54) is 0 Å². The molecule has 2 aromatic rings. The second kappa shape index (κ2) is 4.27. The number of anilines is 1. The van der Waals surface area contributed by atoms with E-state index in [1.807, 2.05) is 6.92 Å². The first-order chi connectivity index (χ1) is 7.66. The number of nitrogens with zero attached hydrogens (tertiary/aromatic N) is 3. The van der Waals surface area contributed by atoms with Gasteiger partial charge in [0.15, 0.2) is 0 Å². The molecule has 0 aliphatic carbocycles. The van der Waals surface area contributed by atoms with Crippen molar-refractivity contribution in [2.45, 2.75) is 13.0 Å². The lowest BCUT2D eigenvalue weighted by atomic mass is 10.2. The highest BCUT2D eigenvalue weighted by molar-refractivity contribution is 7.16. The van der Waals surface area contributed by atoms with Gasteiger partial charge in [-0.1, -0.05) is 11.3 Å². The van der Waals surface area contributed by atoms with Crippen LogP contribution < -0.4 is 11.1 Å². The van der Waals surface area contributed by atoms with Crippen molar-refractivity contribution in [3.8, 4) is 0 Å². The first-order valence-corrected chi connectivity index (χ1v) is 5.37. The fourth-order valence-electron chi connectivity index (χ4n) is 1.17. The van der Waals surface area contributed by atoms with E-state index in [4.69, 9.17) is 5.73 Å². The maximum absolute atomic E-state index is 11.7. The Kier molecular flexibility index (Phi) is 2.82. The van der Waals surface area contributed by atoms with E-state index in [1.54, 1.807) is 12.4 Å². The lowest BCUT2D eigenvalue weighted by Crippen LogP contribution is -2.26. The molecule has 0 aliphatic rings. The molecule has 2 heterocycles. The van der Waals surface area contributed by atoms with E-state index in [0.29, 0.717) is 0 Å². The summed E-state index contributed by atoms with van der Waals surface area (Å²) in [6, 6.07) is -0.142. The van der Waals surface area contributed by atoms with E-state index < -0.39 is 0 Å². The Hall–Kier alpha value is -1.96. The summed E-state index contributed by atoms with van der Waals surface area (Å²) in [5, 5.41) is 17.0. The van der Waals surface area contributed by atoms with Gasteiger partial charge in [0.05, 0.1) is 12.2 Å². The quantitative estimate of drug-likeness (QED) is 0.714. The zero-order valence-corrected chi connectivity index (χ0v) is 9.28. The van der Waals surface area contributed by atoms with Crippen molar-refractivity contribution in [2.75, 3.05) is 5.73 Å². The van der Waals surface area contributed by atoms with Crippen LogP contribution in [0.1, 0.15) is 28.3 Å². The van der Waals surface area contributed by atoms with Crippen LogP contribution in [0.5, 0.6) is 0 Å². The fraction of sp³-hybridized carbons (Fsp3) is 0.250. The summed E-state index contributed by atoms with van der Waals surface area (Å²) in [4.78, 5) is 11.7. The molecule has 0 aliphatic heterocycles.